The number of rotatable bonds is 3. The molecule has 0 aliphatic carbocycles. The minimum atomic E-state index is 0.223. The molecule has 0 fully saturated rings. The van der Waals surface area contributed by atoms with Gasteiger partial charge in [-0.15, -0.1) is 10.2 Å². The number of H-pyrrole nitrogens is 1. The Morgan fingerprint density at radius 2 is 2.19 bits per heavy atom. The molecule has 0 saturated heterocycles. The molecule has 0 unspecified atom stereocenters. The lowest BCUT2D eigenvalue weighted by Gasteiger charge is -2.11. The van der Waals surface area contributed by atoms with Crippen LogP contribution in [0.5, 0.6) is 0 Å². The fraction of sp³-hybridized carbons (Fsp3) is 0.0833. The van der Waals surface area contributed by atoms with Crippen LogP contribution in [0.15, 0.2) is 12.3 Å². The molecular weight excluding hydrogens is 496 g/mol. The van der Waals surface area contributed by atoms with Gasteiger partial charge in [0.25, 0.3) is 0 Å². The molecule has 2 aromatic rings. The van der Waals surface area contributed by atoms with E-state index < -0.39 is 0 Å². The molecule has 0 amide bonds. The van der Waals surface area contributed by atoms with Gasteiger partial charge in [0.1, 0.15) is 11.6 Å². The number of allylic oxidation sites excluding steroid dienone is 1. The van der Waals surface area contributed by atoms with E-state index in [1.807, 2.05) is 13.0 Å². The number of tetrazole rings is 1. The van der Waals surface area contributed by atoms with Gasteiger partial charge in [0.2, 0.25) is 5.82 Å². The average Bonchev–Trinajstić information content (AvgIpc) is 3.00. The minimum absolute atomic E-state index is 0.223. The Kier molecular flexibility index (Phi) is 5.08. The van der Waals surface area contributed by atoms with E-state index in [2.05, 4.69) is 77.2 Å². The first-order valence-electron chi connectivity index (χ1n) is 5.57. The largest absolute Gasteiger partial charge is 0.359 e. The molecule has 0 aliphatic rings. The summed E-state index contributed by atoms with van der Waals surface area (Å²) >= 11 is 4.32. The van der Waals surface area contributed by atoms with Gasteiger partial charge in [0, 0.05) is 13.3 Å². The SMILES string of the molecule is Cc1c(C#N)cc(I)c(NC=C(C#N)c2nn[nH]n2)c1I. The molecule has 7 nitrogen and oxygen atoms in total. The lowest BCUT2D eigenvalue weighted by atomic mass is 10.1. The zero-order valence-electron chi connectivity index (χ0n) is 10.6. The van der Waals surface area contributed by atoms with Crippen molar-refractivity contribution in [2.45, 2.75) is 6.92 Å². The maximum atomic E-state index is 9.12. The van der Waals surface area contributed by atoms with Crippen LogP contribution in [0.2, 0.25) is 0 Å². The molecular formula is C12H7I2N7. The number of aromatic nitrogens is 4. The molecule has 2 rings (SSSR count). The van der Waals surface area contributed by atoms with Crippen molar-refractivity contribution >= 4 is 56.4 Å². The first kappa shape index (κ1) is 15.7. The second-order valence-electron chi connectivity index (χ2n) is 3.88. The van der Waals surface area contributed by atoms with Crippen LogP contribution in [0.4, 0.5) is 5.69 Å². The number of hydrogen-bond acceptors (Lipinski definition) is 6. The summed E-state index contributed by atoms with van der Waals surface area (Å²) in [5.41, 5.74) is 2.63. The molecule has 0 spiro atoms. The van der Waals surface area contributed by atoms with Crippen molar-refractivity contribution < 1.29 is 0 Å². The van der Waals surface area contributed by atoms with E-state index in [9.17, 15) is 0 Å². The summed E-state index contributed by atoms with van der Waals surface area (Å²) < 4.78 is 1.82. The van der Waals surface area contributed by atoms with Crippen LogP contribution in [0, 0.1) is 36.7 Å². The van der Waals surface area contributed by atoms with Crippen LogP contribution in [-0.2, 0) is 0 Å². The fourth-order valence-electron chi connectivity index (χ4n) is 1.53. The highest BCUT2D eigenvalue weighted by Crippen LogP contribution is 2.30. The summed E-state index contributed by atoms with van der Waals surface area (Å²) in [7, 11) is 0. The summed E-state index contributed by atoms with van der Waals surface area (Å²) in [5, 5.41) is 34.5. The zero-order valence-corrected chi connectivity index (χ0v) is 15.0. The molecule has 0 aliphatic heterocycles. The van der Waals surface area contributed by atoms with Gasteiger partial charge in [-0.1, -0.05) is 0 Å². The third-order valence-electron chi connectivity index (χ3n) is 2.65. The van der Waals surface area contributed by atoms with Gasteiger partial charge in [-0.05, 0) is 68.9 Å². The molecule has 1 aromatic heterocycles. The maximum Gasteiger partial charge on any atom is 0.216 e. The number of hydrogen-bond donors (Lipinski definition) is 2. The number of nitrogens with one attached hydrogen (secondary N) is 2. The smallest absolute Gasteiger partial charge is 0.216 e. The zero-order chi connectivity index (χ0) is 15.4. The summed E-state index contributed by atoms with van der Waals surface area (Å²) in [6.45, 7) is 1.88. The highest BCUT2D eigenvalue weighted by molar-refractivity contribution is 14.1. The van der Waals surface area contributed by atoms with Crippen LogP contribution in [0.25, 0.3) is 5.57 Å². The standard InChI is InChI=1S/C12H7I2N7/c1-6-7(3-15)2-9(13)11(10(6)14)17-5-8(4-16)12-18-20-21-19-12/h2,5,17H,1H3,(H,18,19,20,21). The van der Waals surface area contributed by atoms with Crippen molar-refractivity contribution in [2.24, 2.45) is 0 Å². The molecule has 0 bridgehead atoms. The van der Waals surface area contributed by atoms with Crippen molar-refractivity contribution in [1.29, 1.82) is 10.5 Å². The fourth-order valence-corrected chi connectivity index (χ4v) is 3.52. The second-order valence-corrected chi connectivity index (χ2v) is 6.12. The third-order valence-corrected chi connectivity index (χ3v) is 4.85. The quantitative estimate of drug-likeness (QED) is 0.492. The number of nitriles is 2. The van der Waals surface area contributed by atoms with Crippen molar-refractivity contribution in [3.63, 3.8) is 0 Å². The summed E-state index contributed by atoms with van der Waals surface area (Å²) in [6, 6.07) is 5.97. The molecule has 9 heteroatoms. The van der Waals surface area contributed by atoms with Crippen LogP contribution in [0.1, 0.15) is 17.0 Å². The first-order chi connectivity index (χ1) is 10.1. The van der Waals surface area contributed by atoms with Gasteiger partial charge in [-0.3, -0.25) is 0 Å². The van der Waals surface area contributed by atoms with Gasteiger partial charge in [-0.25, -0.2) is 0 Å². The Balaban J connectivity index is 2.39. The van der Waals surface area contributed by atoms with Gasteiger partial charge in [0.15, 0.2) is 0 Å². The lowest BCUT2D eigenvalue weighted by molar-refractivity contribution is 0.881. The molecule has 2 N–H and O–H groups in total. The van der Waals surface area contributed by atoms with E-state index in [4.69, 9.17) is 10.5 Å². The Morgan fingerprint density at radius 1 is 1.43 bits per heavy atom. The van der Waals surface area contributed by atoms with Crippen LogP contribution < -0.4 is 5.32 Å². The summed E-state index contributed by atoms with van der Waals surface area (Å²) in [4.78, 5) is 0. The Hall–Kier alpha value is -1.73. The number of halogens is 2. The van der Waals surface area contributed by atoms with Crippen molar-refractivity contribution in [3.8, 4) is 12.1 Å². The van der Waals surface area contributed by atoms with Gasteiger partial charge >= 0.3 is 0 Å². The maximum absolute atomic E-state index is 9.12. The van der Waals surface area contributed by atoms with E-state index in [-0.39, 0.29) is 11.4 Å². The van der Waals surface area contributed by atoms with E-state index in [0.29, 0.717) is 5.56 Å². The van der Waals surface area contributed by atoms with E-state index in [1.165, 1.54) is 6.20 Å². The van der Waals surface area contributed by atoms with E-state index >= 15 is 0 Å². The van der Waals surface area contributed by atoms with Crippen LogP contribution in [0.3, 0.4) is 0 Å². The Labute approximate surface area is 147 Å². The number of aromatic amines is 1. The van der Waals surface area contributed by atoms with Crippen molar-refractivity contribution in [3.05, 3.63) is 36.4 Å². The number of anilines is 1. The molecule has 1 aromatic carbocycles. The highest BCUT2D eigenvalue weighted by Gasteiger charge is 2.12. The number of nitrogens with zero attached hydrogens (tertiary/aromatic N) is 5. The molecule has 104 valence electrons. The second kappa shape index (κ2) is 6.82. The van der Waals surface area contributed by atoms with E-state index in [1.54, 1.807) is 6.07 Å². The lowest BCUT2D eigenvalue weighted by Crippen LogP contribution is -2.00. The molecule has 1 heterocycles. The van der Waals surface area contributed by atoms with Crippen molar-refractivity contribution in [1.82, 2.24) is 20.6 Å². The summed E-state index contributed by atoms with van der Waals surface area (Å²) in [6.07, 6.45) is 1.52. The monoisotopic (exact) mass is 503 g/mol. The predicted molar refractivity (Wildman–Crippen MR) is 92.7 cm³/mol. The van der Waals surface area contributed by atoms with Crippen molar-refractivity contribution in [2.75, 3.05) is 5.32 Å². The molecule has 0 atom stereocenters. The Morgan fingerprint density at radius 3 is 2.76 bits per heavy atom. The third kappa shape index (κ3) is 3.30. The highest BCUT2D eigenvalue weighted by atomic mass is 127. The molecule has 21 heavy (non-hydrogen) atoms. The molecule has 0 radical (unpaired) electrons. The molecule has 0 saturated carbocycles. The van der Waals surface area contributed by atoms with Gasteiger partial charge in [0.05, 0.1) is 17.3 Å². The van der Waals surface area contributed by atoms with Crippen LogP contribution in [-0.4, -0.2) is 20.6 Å². The predicted octanol–water partition coefficient (Wildman–Crippen LogP) is 2.57. The average molecular weight is 503 g/mol. The Bertz CT molecular complexity index is 781. The van der Waals surface area contributed by atoms with E-state index in [0.717, 1.165) is 18.4 Å². The van der Waals surface area contributed by atoms with Crippen LogP contribution >= 0.6 is 45.2 Å². The topological polar surface area (TPSA) is 114 Å². The number of benzene rings is 1. The minimum Gasteiger partial charge on any atom is -0.359 e. The summed E-state index contributed by atoms with van der Waals surface area (Å²) in [5.74, 6) is 0.223. The first-order valence-corrected chi connectivity index (χ1v) is 7.73. The normalized spacial score (nSPS) is 10.8. The van der Waals surface area contributed by atoms with Gasteiger partial charge in [-0.2, -0.15) is 15.7 Å². The van der Waals surface area contributed by atoms with Gasteiger partial charge < -0.3 is 5.32 Å².